The van der Waals surface area contributed by atoms with Gasteiger partial charge in [-0.2, -0.15) is 0 Å². The first-order valence-electron chi connectivity index (χ1n) is 10.8. The van der Waals surface area contributed by atoms with Crippen molar-refractivity contribution in [3.63, 3.8) is 0 Å². The number of nitrogen functional groups attached to an aromatic ring is 1. The first-order chi connectivity index (χ1) is 15.0. The number of allylic oxidation sites excluding steroid dienone is 1. The normalized spacial score (nSPS) is 21.1. The lowest BCUT2D eigenvalue weighted by molar-refractivity contribution is -0.124. The van der Waals surface area contributed by atoms with Crippen molar-refractivity contribution < 1.29 is 14.7 Å². The molecule has 0 unspecified atom stereocenters. The third kappa shape index (κ3) is 5.12. The summed E-state index contributed by atoms with van der Waals surface area (Å²) >= 11 is 1.42. The van der Waals surface area contributed by atoms with E-state index in [2.05, 4.69) is 20.1 Å². The maximum atomic E-state index is 12.7. The molecule has 4 N–H and O–H groups in total. The first kappa shape index (κ1) is 21.9. The number of benzene rings is 1. The zero-order valence-corrected chi connectivity index (χ0v) is 18.4. The topological polar surface area (TPSA) is 112 Å². The molecule has 166 valence electrons. The predicted octanol–water partition coefficient (Wildman–Crippen LogP) is 0.978. The fraction of sp³-hybridized carbons (Fsp3) is 0.500. The van der Waals surface area contributed by atoms with Gasteiger partial charge < -0.3 is 16.2 Å². The third-order valence-electron chi connectivity index (χ3n) is 6.07. The van der Waals surface area contributed by atoms with Gasteiger partial charge in [-0.05, 0) is 11.6 Å². The second-order valence-electron chi connectivity index (χ2n) is 8.12. The van der Waals surface area contributed by atoms with Crippen molar-refractivity contribution in [2.75, 3.05) is 58.2 Å². The molecule has 2 heterocycles. The number of fused-ring (bicyclic) bond motifs is 1. The molecule has 0 spiro atoms. The number of aliphatic hydroxyl groups is 1. The van der Waals surface area contributed by atoms with Crippen LogP contribution in [0, 0.1) is 0 Å². The fourth-order valence-electron chi connectivity index (χ4n) is 4.37. The minimum Gasteiger partial charge on any atom is -0.395 e. The molecule has 31 heavy (non-hydrogen) atoms. The average Bonchev–Trinajstić information content (AvgIpc) is 3.14. The van der Waals surface area contributed by atoms with Crippen molar-refractivity contribution in [3.05, 3.63) is 35.5 Å². The SMILES string of the molecule is Nc1nc2c(C3CC(=O)C(=CNCCN4CCN(CCO)CC4)C(=O)C3)cccc2s1. The molecule has 1 aliphatic carbocycles. The van der Waals surface area contributed by atoms with Gasteiger partial charge in [0.2, 0.25) is 0 Å². The lowest BCUT2D eigenvalue weighted by Gasteiger charge is -2.34. The van der Waals surface area contributed by atoms with Crippen LogP contribution in [0.5, 0.6) is 0 Å². The Balaban J connectivity index is 1.31. The van der Waals surface area contributed by atoms with E-state index in [1.807, 2.05) is 18.2 Å². The maximum absolute atomic E-state index is 12.7. The van der Waals surface area contributed by atoms with Gasteiger partial charge in [0.05, 0.1) is 22.4 Å². The number of aliphatic hydroxyl groups excluding tert-OH is 1. The molecule has 0 bridgehead atoms. The summed E-state index contributed by atoms with van der Waals surface area (Å²) in [6.07, 6.45) is 2.22. The van der Waals surface area contributed by atoms with Gasteiger partial charge in [-0.1, -0.05) is 23.5 Å². The van der Waals surface area contributed by atoms with Gasteiger partial charge in [0, 0.05) is 70.8 Å². The van der Waals surface area contributed by atoms with Crippen molar-refractivity contribution in [3.8, 4) is 0 Å². The monoisotopic (exact) mass is 443 g/mol. The number of β-amino-alcohol motifs (C(OH)–C–C–N with tert-alkyl or cyclic N) is 1. The number of carbonyl (C=O) groups excluding carboxylic acids is 2. The summed E-state index contributed by atoms with van der Waals surface area (Å²) in [5, 5.41) is 12.7. The average molecular weight is 444 g/mol. The van der Waals surface area contributed by atoms with Crippen LogP contribution >= 0.6 is 11.3 Å². The molecule has 2 aromatic rings. The minimum atomic E-state index is -0.155. The highest BCUT2D eigenvalue weighted by molar-refractivity contribution is 7.22. The van der Waals surface area contributed by atoms with Crippen LogP contribution in [0.4, 0.5) is 5.13 Å². The summed E-state index contributed by atoms with van der Waals surface area (Å²) in [7, 11) is 0. The van der Waals surface area contributed by atoms with Gasteiger partial charge in [0.15, 0.2) is 16.7 Å². The van der Waals surface area contributed by atoms with Gasteiger partial charge in [0.25, 0.3) is 0 Å². The predicted molar refractivity (Wildman–Crippen MR) is 122 cm³/mol. The Labute approximate surface area is 185 Å². The zero-order valence-electron chi connectivity index (χ0n) is 17.5. The van der Waals surface area contributed by atoms with E-state index in [0.29, 0.717) is 24.5 Å². The molecular weight excluding hydrogens is 414 g/mol. The molecule has 8 nitrogen and oxygen atoms in total. The number of hydrogen-bond acceptors (Lipinski definition) is 9. The van der Waals surface area contributed by atoms with Gasteiger partial charge in [0.1, 0.15) is 0 Å². The Bertz CT molecular complexity index is 961. The molecule has 1 aromatic carbocycles. The number of carbonyl (C=O) groups is 2. The van der Waals surface area contributed by atoms with E-state index in [1.165, 1.54) is 11.3 Å². The third-order valence-corrected chi connectivity index (χ3v) is 6.92. The minimum absolute atomic E-state index is 0.119. The van der Waals surface area contributed by atoms with Crippen LogP contribution in [0.1, 0.15) is 24.3 Å². The molecule has 2 fully saturated rings. The Hall–Kier alpha value is -2.33. The molecule has 1 aromatic heterocycles. The van der Waals surface area contributed by atoms with E-state index >= 15 is 0 Å². The summed E-state index contributed by atoms with van der Waals surface area (Å²) in [4.78, 5) is 34.4. The number of hydrogen-bond donors (Lipinski definition) is 3. The van der Waals surface area contributed by atoms with Crippen LogP contribution in [0.25, 0.3) is 10.2 Å². The molecular formula is C22H29N5O3S. The molecule has 2 aliphatic rings. The highest BCUT2D eigenvalue weighted by atomic mass is 32.1. The van der Waals surface area contributed by atoms with Gasteiger partial charge >= 0.3 is 0 Å². The molecule has 1 aliphatic heterocycles. The molecule has 4 rings (SSSR count). The summed E-state index contributed by atoms with van der Waals surface area (Å²) in [6.45, 7) is 6.31. The van der Waals surface area contributed by atoms with E-state index in [-0.39, 0.29) is 29.7 Å². The Morgan fingerprint density at radius 3 is 2.48 bits per heavy atom. The lowest BCUT2D eigenvalue weighted by atomic mass is 9.80. The van der Waals surface area contributed by atoms with Crippen molar-refractivity contribution >= 4 is 38.3 Å². The molecule has 1 saturated heterocycles. The van der Waals surface area contributed by atoms with E-state index in [0.717, 1.165) is 55.0 Å². The van der Waals surface area contributed by atoms with Crippen molar-refractivity contribution in [2.24, 2.45) is 0 Å². The van der Waals surface area contributed by atoms with Crippen molar-refractivity contribution in [1.29, 1.82) is 0 Å². The van der Waals surface area contributed by atoms with Crippen LogP contribution in [0.3, 0.4) is 0 Å². The summed E-state index contributed by atoms with van der Waals surface area (Å²) in [5.74, 6) is -0.393. The Morgan fingerprint density at radius 2 is 1.81 bits per heavy atom. The van der Waals surface area contributed by atoms with E-state index in [9.17, 15) is 9.59 Å². The first-order valence-corrected chi connectivity index (χ1v) is 11.6. The maximum Gasteiger partial charge on any atom is 0.181 e. The number of rotatable bonds is 7. The standard InChI is InChI=1S/C22H29N5O3S/c23-22-25-21-16(2-1-3-20(21)31-22)15-12-18(29)17(19(30)13-15)14-24-4-5-26-6-8-27(9-7-26)10-11-28/h1-3,14-15,24,28H,4-13H2,(H2,23,25). The van der Waals surface area contributed by atoms with Crippen LogP contribution in [0.15, 0.2) is 30.0 Å². The highest BCUT2D eigenvalue weighted by Gasteiger charge is 2.32. The van der Waals surface area contributed by atoms with Crippen molar-refractivity contribution in [2.45, 2.75) is 18.8 Å². The van der Waals surface area contributed by atoms with Crippen LogP contribution in [0.2, 0.25) is 0 Å². The largest absolute Gasteiger partial charge is 0.395 e. The fourth-order valence-corrected chi connectivity index (χ4v) is 5.14. The molecule has 0 amide bonds. The Morgan fingerprint density at radius 1 is 1.13 bits per heavy atom. The van der Waals surface area contributed by atoms with E-state index in [4.69, 9.17) is 10.8 Å². The van der Waals surface area contributed by atoms with Crippen molar-refractivity contribution in [1.82, 2.24) is 20.1 Å². The summed E-state index contributed by atoms with van der Waals surface area (Å²) in [5.41, 5.74) is 7.86. The Kier molecular flexibility index (Phi) is 6.96. The number of Topliss-reactive ketones (excluding diaryl/α,β-unsaturated/α-hetero) is 2. The number of piperazine rings is 1. The number of para-hydroxylation sites is 1. The second kappa shape index (κ2) is 9.86. The molecule has 1 saturated carbocycles. The van der Waals surface area contributed by atoms with Gasteiger partial charge in [-0.25, -0.2) is 4.98 Å². The quantitative estimate of drug-likeness (QED) is 0.330. The van der Waals surface area contributed by atoms with Crippen LogP contribution in [-0.4, -0.2) is 83.9 Å². The molecule has 9 heteroatoms. The number of nitrogens with two attached hydrogens (primary N) is 1. The van der Waals surface area contributed by atoms with Crippen LogP contribution in [-0.2, 0) is 9.59 Å². The zero-order chi connectivity index (χ0) is 21.8. The number of nitrogens with one attached hydrogen (secondary N) is 1. The summed E-state index contributed by atoms with van der Waals surface area (Å²) in [6, 6.07) is 5.84. The second-order valence-corrected chi connectivity index (χ2v) is 9.18. The van der Waals surface area contributed by atoms with Crippen LogP contribution < -0.4 is 11.1 Å². The smallest absolute Gasteiger partial charge is 0.181 e. The van der Waals surface area contributed by atoms with Gasteiger partial charge in [-0.3, -0.25) is 19.4 Å². The number of anilines is 1. The van der Waals surface area contributed by atoms with E-state index < -0.39 is 0 Å². The molecule has 0 atom stereocenters. The van der Waals surface area contributed by atoms with E-state index in [1.54, 1.807) is 6.20 Å². The summed E-state index contributed by atoms with van der Waals surface area (Å²) < 4.78 is 0.982. The number of thiazole rings is 1. The highest BCUT2D eigenvalue weighted by Crippen LogP contribution is 2.37. The lowest BCUT2D eigenvalue weighted by Crippen LogP contribution is -2.48. The number of ketones is 2. The number of nitrogens with zero attached hydrogens (tertiary/aromatic N) is 3. The number of aromatic nitrogens is 1. The van der Waals surface area contributed by atoms with Gasteiger partial charge in [-0.15, -0.1) is 0 Å². The molecule has 0 radical (unpaired) electrons.